The number of rotatable bonds is 3. The topological polar surface area (TPSA) is 81.6 Å². The van der Waals surface area contributed by atoms with Crippen LogP contribution in [0.25, 0.3) is 22.4 Å². The van der Waals surface area contributed by atoms with Crippen LogP contribution in [0.5, 0.6) is 0 Å². The number of nitrogens with zero attached hydrogens (tertiary/aromatic N) is 6. The Morgan fingerprint density at radius 2 is 1.91 bits per heavy atom. The summed E-state index contributed by atoms with van der Waals surface area (Å²) in [5.74, 6) is 0.690. The molecule has 22 heavy (non-hydrogen) atoms. The second-order valence-corrected chi connectivity index (χ2v) is 4.93. The van der Waals surface area contributed by atoms with E-state index < -0.39 is 0 Å². The third kappa shape index (κ3) is 2.18. The van der Waals surface area contributed by atoms with Gasteiger partial charge in [-0.2, -0.15) is 5.10 Å². The first-order valence-electron chi connectivity index (χ1n) is 6.78. The maximum Gasteiger partial charge on any atom is 0.181 e. The number of hydrogen-bond acceptors (Lipinski definition) is 5. The highest BCUT2D eigenvalue weighted by atomic mass is 16.5. The fourth-order valence-electron chi connectivity index (χ4n) is 2.33. The highest BCUT2D eigenvalue weighted by Crippen LogP contribution is 2.15. The van der Waals surface area contributed by atoms with Gasteiger partial charge in [-0.1, -0.05) is 41.2 Å². The average Bonchev–Trinajstić information content (AvgIpc) is 3.16. The fourth-order valence-corrected chi connectivity index (χ4v) is 2.33. The van der Waals surface area contributed by atoms with E-state index in [-0.39, 0.29) is 0 Å². The molecular formula is C15H12N6O. The standard InChI is InChI=1S/C15H12N6O/c22-21-14-8-11(6-7-13(14)17-19-21)9-20-10-16-15(18-20)12-4-2-1-3-5-12/h1-8,10,22H,9H2. The van der Waals surface area contributed by atoms with E-state index in [9.17, 15) is 5.21 Å². The Morgan fingerprint density at radius 3 is 2.77 bits per heavy atom. The van der Waals surface area contributed by atoms with Gasteiger partial charge < -0.3 is 5.21 Å². The van der Waals surface area contributed by atoms with E-state index in [0.29, 0.717) is 23.4 Å². The summed E-state index contributed by atoms with van der Waals surface area (Å²) in [4.78, 5) is 5.10. The van der Waals surface area contributed by atoms with Gasteiger partial charge in [-0.25, -0.2) is 9.67 Å². The van der Waals surface area contributed by atoms with Crippen molar-refractivity contribution in [2.24, 2.45) is 0 Å². The molecule has 0 radical (unpaired) electrons. The second kappa shape index (κ2) is 4.96. The summed E-state index contributed by atoms with van der Waals surface area (Å²) in [6.45, 7) is 0.557. The summed E-state index contributed by atoms with van der Waals surface area (Å²) < 4.78 is 1.76. The predicted octanol–water partition coefficient (Wildman–Crippen LogP) is 1.98. The number of aromatic nitrogens is 6. The van der Waals surface area contributed by atoms with E-state index in [1.807, 2.05) is 48.5 Å². The van der Waals surface area contributed by atoms with Crippen LogP contribution >= 0.6 is 0 Å². The van der Waals surface area contributed by atoms with Gasteiger partial charge >= 0.3 is 0 Å². The molecule has 0 aliphatic heterocycles. The van der Waals surface area contributed by atoms with Crippen LogP contribution in [0.4, 0.5) is 0 Å². The number of hydrogen-bond donors (Lipinski definition) is 1. The SMILES string of the molecule is On1nnc2ccc(Cn3cnc(-c4ccccc4)n3)cc21. The first kappa shape index (κ1) is 12.5. The van der Waals surface area contributed by atoms with Gasteiger partial charge in [0.05, 0.1) is 6.54 Å². The Kier molecular flexibility index (Phi) is 2.82. The molecule has 0 unspecified atom stereocenters. The molecule has 4 rings (SSSR count). The van der Waals surface area contributed by atoms with E-state index in [1.54, 1.807) is 11.0 Å². The van der Waals surface area contributed by atoms with Gasteiger partial charge in [0.25, 0.3) is 0 Å². The van der Waals surface area contributed by atoms with Crippen LogP contribution in [-0.2, 0) is 6.54 Å². The van der Waals surface area contributed by atoms with Gasteiger partial charge in [-0.05, 0) is 22.9 Å². The summed E-state index contributed by atoms with van der Waals surface area (Å²) in [7, 11) is 0. The molecule has 0 aliphatic carbocycles. The van der Waals surface area contributed by atoms with Crippen LogP contribution in [0.2, 0.25) is 0 Å². The Hall–Kier alpha value is -3.22. The minimum absolute atomic E-state index is 0.557. The summed E-state index contributed by atoms with van der Waals surface area (Å²) in [5.41, 5.74) is 3.18. The summed E-state index contributed by atoms with van der Waals surface area (Å²) >= 11 is 0. The lowest BCUT2D eigenvalue weighted by atomic mass is 10.2. The summed E-state index contributed by atoms with van der Waals surface area (Å²) in [6, 6.07) is 15.4. The highest BCUT2D eigenvalue weighted by Gasteiger charge is 2.07. The molecule has 0 saturated heterocycles. The number of fused-ring (bicyclic) bond motifs is 1. The molecule has 0 fully saturated rings. The Balaban J connectivity index is 1.62. The molecule has 7 heteroatoms. The fraction of sp³-hybridized carbons (Fsp3) is 0.0667. The first-order chi connectivity index (χ1) is 10.8. The van der Waals surface area contributed by atoms with Gasteiger partial charge in [-0.3, -0.25) is 0 Å². The van der Waals surface area contributed by atoms with Crippen LogP contribution in [-0.4, -0.2) is 35.1 Å². The van der Waals surface area contributed by atoms with Crippen molar-refractivity contribution in [3.8, 4) is 11.4 Å². The van der Waals surface area contributed by atoms with Gasteiger partial charge in [0.1, 0.15) is 17.4 Å². The Bertz CT molecular complexity index is 928. The van der Waals surface area contributed by atoms with Gasteiger partial charge in [-0.15, -0.1) is 5.10 Å². The van der Waals surface area contributed by atoms with Crippen molar-refractivity contribution in [3.63, 3.8) is 0 Å². The van der Waals surface area contributed by atoms with Crippen molar-refractivity contribution in [1.82, 2.24) is 29.9 Å². The zero-order chi connectivity index (χ0) is 14.9. The van der Waals surface area contributed by atoms with Crippen LogP contribution in [0.1, 0.15) is 5.56 Å². The molecule has 0 bridgehead atoms. The summed E-state index contributed by atoms with van der Waals surface area (Å²) in [5, 5.41) is 21.4. The molecule has 0 amide bonds. The van der Waals surface area contributed by atoms with Crippen LogP contribution in [0, 0.1) is 0 Å². The molecule has 0 spiro atoms. The molecule has 7 nitrogen and oxygen atoms in total. The van der Waals surface area contributed by atoms with Gasteiger partial charge in [0, 0.05) is 5.56 Å². The molecule has 108 valence electrons. The molecule has 2 heterocycles. The lowest BCUT2D eigenvalue weighted by Crippen LogP contribution is -2.01. The first-order valence-corrected chi connectivity index (χ1v) is 6.78. The third-order valence-electron chi connectivity index (χ3n) is 3.41. The molecule has 2 aromatic heterocycles. The monoisotopic (exact) mass is 292 g/mol. The van der Waals surface area contributed by atoms with E-state index in [2.05, 4.69) is 20.4 Å². The average molecular weight is 292 g/mol. The van der Waals surface area contributed by atoms with E-state index in [1.165, 1.54) is 0 Å². The van der Waals surface area contributed by atoms with E-state index in [0.717, 1.165) is 16.0 Å². The van der Waals surface area contributed by atoms with Crippen LogP contribution in [0.15, 0.2) is 54.9 Å². The second-order valence-electron chi connectivity index (χ2n) is 4.93. The van der Waals surface area contributed by atoms with Crippen LogP contribution in [0.3, 0.4) is 0 Å². The van der Waals surface area contributed by atoms with Crippen molar-refractivity contribution >= 4 is 11.0 Å². The molecule has 0 atom stereocenters. The lowest BCUT2D eigenvalue weighted by Gasteiger charge is -2.01. The minimum atomic E-state index is 0.557. The predicted molar refractivity (Wildman–Crippen MR) is 79.3 cm³/mol. The van der Waals surface area contributed by atoms with Crippen molar-refractivity contribution < 1.29 is 5.21 Å². The maximum absolute atomic E-state index is 9.56. The largest absolute Gasteiger partial charge is 0.410 e. The van der Waals surface area contributed by atoms with Crippen molar-refractivity contribution in [3.05, 3.63) is 60.4 Å². The summed E-state index contributed by atoms with van der Waals surface area (Å²) in [6.07, 6.45) is 1.70. The van der Waals surface area contributed by atoms with Crippen molar-refractivity contribution in [2.75, 3.05) is 0 Å². The zero-order valence-electron chi connectivity index (χ0n) is 11.5. The zero-order valence-corrected chi connectivity index (χ0v) is 11.5. The molecule has 1 N–H and O–H groups in total. The maximum atomic E-state index is 9.56. The Morgan fingerprint density at radius 1 is 1.05 bits per heavy atom. The molecule has 2 aromatic carbocycles. The van der Waals surface area contributed by atoms with Gasteiger partial charge in [0.15, 0.2) is 5.82 Å². The molecule has 0 saturated carbocycles. The molecule has 4 aromatic rings. The Labute approximate surface area is 125 Å². The van der Waals surface area contributed by atoms with E-state index >= 15 is 0 Å². The third-order valence-corrected chi connectivity index (χ3v) is 3.41. The minimum Gasteiger partial charge on any atom is -0.410 e. The smallest absolute Gasteiger partial charge is 0.181 e. The van der Waals surface area contributed by atoms with Crippen molar-refractivity contribution in [1.29, 1.82) is 0 Å². The lowest BCUT2D eigenvalue weighted by molar-refractivity contribution is 0.154. The number of benzene rings is 2. The molecule has 0 aliphatic rings. The molecular weight excluding hydrogens is 280 g/mol. The van der Waals surface area contributed by atoms with Gasteiger partial charge in [0.2, 0.25) is 0 Å². The van der Waals surface area contributed by atoms with Crippen molar-refractivity contribution in [2.45, 2.75) is 6.54 Å². The highest BCUT2D eigenvalue weighted by molar-refractivity contribution is 5.74. The quantitative estimate of drug-likeness (QED) is 0.584. The normalized spacial score (nSPS) is 11.1. The van der Waals surface area contributed by atoms with Crippen LogP contribution < -0.4 is 0 Å². The van der Waals surface area contributed by atoms with E-state index in [4.69, 9.17) is 0 Å².